The zero-order chi connectivity index (χ0) is 16.8. The lowest BCUT2D eigenvalue weighted by Crippen LogP contribution is -2.52. The first kappa shape index (κ1) is 17.1. The number of methoxy groups -OCH3 is 1. The van der Waals surface area contributed by atoms with Gasteiger partial charge in [-0.25, -0.2) is 0 Å². The molecule has 0 bridgehead atoms. The van der Waals surface area contributed by atoms with Crippen molar-refractivity contribution in [1.29, 1.82) is 0 Å². The van der Waals surface area contributed by atoms with E-state index in [1.54, 1.807) is 6.07 Å². The normalized spacial score (nSPS) is 16.5. The Hall–Kier alpha value is -2.24. The molecule has 6 nitrogen and oxygen atoms in total. The lowest BCUT2D eigenvalue weighted by molar-refractivity contribution is -0.139. The van der Waals surface area contributed by atoms with Gasteiger partial charge < -0.3 is 19.7 Å². The van der Waals surface area contributed by atoms with Crippen LogP contribution in [0.3, 0.4) is 0 Å². The molecule has 0 saturated carbocycles. The maximum atomic E-state index is 12.5. The van der Waals surface area contributed by atoms with Gasteiger partial charge in [0.2, 0.25) is 0 Å². The van der Waals surface area contributed by atoms with Crippen LogP contribution < -0.4 is 15.0 Å². The average molecular weight is 320 g/mol. The summed E-state index contributed by atoms with van der Waals surface area (Å²) in [5, 5.41) is 3.00. The first-order chi connectivity index (χ1) is 11.1. The number of fused-ring (bicyclic) bond motifs is 1. The molecule has 1 heterocycles. The first-order valence-corrected chi connectivity index (χ1v) is 7.96. The van der Waals surface area contributed by atoms with Gasteiger partial charge in [-0.3, -0.25) is 9.59 Å². The van der Waals surface area contributed by atoms with Gasteiger partial charge >= 0.3 is 5.97 Å². The number of ether oxygens (including phenoxy) is 2. The van der Waals surface area contributed by atoms with Gasteiger partial charge in [0, 0.05) is 6.04 Å². The van der Waals surface area contributed by atoms with Crippen LogP contribution in [0.5, 0.6) is 5.75 Å². The van der Waals surface area contributed by atoms with E-state index in [9.17, 15) is 9.59 Å². The van der Waals surface area contributed by atoms with Crippen molar-refractivity contribution >= 4 is 17.6 Å². The summed E-state index contributed by atoms with van der Waals surface area (Å²) in [7, 11) is 1.35. The number of para-hydroxylation sites is 2. The molecule has 1 amide bonds. The summed E-state index contributed by atoms with van der Waals surface area (Å²) >= 11 is 0. The third kappa shape index (κ3) is 4.15. The summed E-state index contributed by atoms with van der Waals surface area (Å²) in [6.45, 7) is 4.48. The third-order valence-corrected chi connectivity index (χ3v) is 4.03. The second kappa shape index (κ2) is 7.85. The van der Waals surface area contributed by atoms with Crippen LogP contribution in [-0.4, -0.2) is 44.2 Å². The minimum Gasteiger partial charge on any atom is -0.477 e. The third-order valence-electron chi connectivity index (χ3n) is 4.03. The summed E-state index contributed by atoms with van der Waals surface area (Å²) in [6.07, 6.45) is 1.10. The number of nitrogens with one attached hydrogen (secondary N) is 1. The van der Waals surface area contributed by atoms with E-state index >= 15 is 0 Å². The number of carbonyl (C=O) groups is 2. The Morgan fingerprint density at radius 3 is 2.70 bits per heavy atom. The highest BCUT2D eigenvalue weighted by molar-refractivity contribution is 5.85. The van der Waals surface area contributed by atoms with Crippen molar-refractivity contribution in [3.05, 3.63) is 24.3 Å². The van der Waals surface area contributed by atoms with Crippen molar-refractivity contribution in [2.24, 2.45) is 0 Å². The van der Waals surface area contributed by atoms with Crippen molar-refractivity contribution in [3.63, 3.8) is 0 Å². The van der Waals surface area contributed by atoms with Crippen LogP contribution >= 0.6 is 0 Å². The van der Waals surface area contributed by atoms with Gasteiger partial charge in [0.15, 0.2) is 6.10 Å². The number of esters is 1. The molecule has 1 aliphatic heterocycles. The second-order valence-electron chi connectivity index (χ2n) is 5.55. The van der Waals surface area contributed by atoms with Gasteiger partial charge in [-0.2, -0.15) is 0 Å². The summed E-state index contributed by atoms with van der Waals surface area (Å²) < 4.78 is 10.6. The van der Waals surface area contributed by atoms with E-state index in [2.05, 4.69) is 5.32 Å². The van der Waals surface area contributed by atoms with E-state index in [0.29, 0.717) is 12.3 Å². The minimum absolute atomic E-state index is 0.0889. The number of hydrogen-bond acceptors (Lipinski definition) is 5. The summed E-state index contributed by atoms with van der Waals surface area (Å²) in [5.74, 6) is 0.108. The monoisotopic (exact) mass is 320 g/mol. The highest BCUT2D eigenvalue weighted by atomic mass is 16.5. The lowest BCUT2D eigenvalue weighted by atomic mass is 10.1. The van der Waals surface area contributed by atoms with E-state index in [-0.39, 0.29) is 24.5 Å². The molecule has 0 fully saturated rings. The summed E-state index contributed by atoms with van der Waals surface area (Å²) in [6, 6.07) is 7.52. The Morgan fingerprint density at radius 1 is 1.35 bits per heavy atom. The van der Waals surface area contributed by atoms with E-state index in [1.807, 2.05) is 36.9 Å². The number of nitrogens with zero attached hydrogens (tertiary/aromatic N) is 1. The smallest absolute Gasteiger partial charge is 0.325 e. The predicted molar refractivity (Wildman–Crippen MR) is 87.6 cm³/mol. The maximum absolute atomic E-state index is 12.5. The molecule has 126 valence electrons. The van der Waals surface area contributed by atoms with Crippen LogP contribution in [0.4, 0.5) is 5.69 Å². The van der Waals surface area contributed by atoms with Crippen LogP contribution in [0.1, 0.15) is 26.7 Å². The average Bonchev–Trinajstić information content (AvgIpc) is 2.59. The zero-order valence-electron chi connectivity index (χ0n) is 13.9. The van der Waals surface area contributed by atoms with Crippen LogP contribution in [0.25, 0.3) is 0 Å². The molecule has 0 saturated heterocycles. The van der Waals surface area contributed by atoms with Crippen LogP contribution in [0.2, 0.25) is 0 Å². The van der Waals surface area contributed by atoms with Crippen LogP contribution in [0.15, 0.2) is 24.3 Å². The molecule has 1 aliphatic rings. The fourth-order valence-electron chi connectivity index (χ4n) is 2.60. The number of benzene rings is 1. The molecule has 0 aromatic heterocycles. The van der Waals surface area contributed by atoms with Gasteiger partial charge in [-0.15, -0.1) is 0 Å². The van der Waals surface area contributed by atoms with E-state index in [4.69, 9.17) is 9.47 Å². The Bertz CT molecular complexity index is 557. The van der Waals surface area contributed by atoms with Gasteiger partial charge in [0.05, 0.1) is 19.3 Å². The van der Waals surface area contributed by atoms with Gasteiger partial charge in [-0.1, -0.05) is 26.0 Å². The molecule has 1 N–H and O–H groups in total. The number of anilines is 1. The number of hydrogen-bond donors (Lipinski definition) is 1. The fraction of sp³-hybridized carbons (Fsp3) is 0.529. The van der Waals surface area contributed by atoms with Gasteiger partial charge in [-0.05, 0) is 25.0 Å². The van der Waals surface area contributed by atoms with E-state index in [0.717, 1.165) is 18.5 Å². The zero-order valence-corrected chi connectivity index (χ0v) is 13.9. The van der Waals surface area contributed by atoms with Crippen molar-refractivity contribution in [2.45, 2.75) is 38.8 Å². The SMILES string of the molecule is CCC(CC)NC(=O)C1CN(CC(=O)OC)c2ccccc2O1. The first-order valence-electron chi connectivity index (χ1n) is 7.96. The molecule has 0 radical (unpaired) electrons. The minimum atomic E-state index is -0.643. The molecule has 1 aromatic rings. The molecule has 1 aromatic carbocycles. The molecular formula is C17H24N2O4. The largest absolute Gasteiger partial charge is 0.477 e. The Morgan fingerprint density at radius 2 is 2.04 bits per heavy atom. The van der Waals surface area contributed by atoms with Crippen molar-refractivity contribution in [2.75, 3.05) is 25.1 Å². The van der Waals surface area contributed by atoms with Gasteiger partial charge in [0.1, 0.15) is 12.3 Å². The predicted octanol–water partition coefficient (Wildman–Crippen LogP) is 1.73. The summed E-state index contributed by atoms with van der Waals surface area (Å²) in [5.41, 5.74) is 0.796. The molecule has 1 atom stereocenters. The number of rotatable bonds is 6. The highest BCUT2D eigenvalue weighted by Gasteiger charge is 2.32. The van der Waals surface area contributed by atoms with Crippen LogP contribution in [-0.2, 0) is 14.3 Å². The molecule has 1 unspecified atom stereocenters. The molecule has 0 aliphatic carbocycles. The Kier molecular flexibility index (Phi) is 5.84. The topological polar surface area (TPSA) is 67.9 Å². The number of amides is 1. The standard InChI is InChI=1S/C17H24N2O4/c1-4-12(5-2)18-17(21)15-10-19(11-16(20)22-3)13-8-6-7-9-14(13)23-15/h6-9,12,15H,4-5,10-11H2,1-3H3,(H,18,21). The quantitative estimate of drug-likeness (QED) is 0.809. The molecule has 2 rings (SSSR count). The van der Waals surface area contributed by atoms with Crippen molar-refractivity contribution < 1.29 is 19.1 Å². The molecule has 0 spiro atoms. The number of carbonyl (C=O) groups excluding carboxylic acids is 2. The lowest BCUT2D eigenvalue weighted by Gasteiger charge is -2.35. The maximum Gasteiger partial charge on any atom is 0.325 e. The van der Waals surface area contributed by atoms with Crippen molar-refractivity contribution in [3.8, 4) is 5.75 Å². The van der Waals surface area contributed by atoms with Gasteiger partial charge in [0.25, 0.3) is 5.91 Å². The van der Waals surface area contributed by atoms with Crippen molar-refractivity contribution in [1.82, 2.24) is 5.32 Å². The fourth-order valence-corrected chi connectivity index (χ4v) is 2.60. The second-order valence-corrected chi connectivity index (χ2v) is 5.55. The highest BCUT2D eigenvalue weighted by Crippen LogP contribution is 2.33. The Balaban J connectivity index is 2.15. The summed E-state index contributed by atoms with van der Waals surface area (Å²) in [4.78, 5) is 25.9. The van der Waals surface area contributed by atoms with E-state index < -0.39 is 6.10 Å². The molecular weight excluding hydrogens is 296 g/mol. The molecule has 6 heteroatoms. The molecule has 23 heavy (non-hydrogen) atoms. The Labute approximate surface area is 136 Å². The van der Waals surface area contributed by atoms with E-state index in [1.165, 1.54) is 7.11 Å². The van der Waals surface area contributed by atoms with Crippen LogP contribution in [0, 0.1) is 0 Å².